The normalized spacial score (nSPS) is 13.4. The zero-order valence-corrected chi connectivity index (χ0v) is 16.4. The van der Waals surface area contributed by atoms with Crippen LogP contribution in [0.25, 0.3) is 22.2 Å². The third-order valence-electron chi connectivity index (χ3n) is 5.38. The zero-order chi connectivity index (χ0) is 20.7. The largest absolute Gasteiger partial charge is 0.294 e. The number of hydrogen-bond acceptors (Lipinski definition) is 4. The minimum atomic E-state index is -0.396. The first kappa shape index (κ1) is 18.4. The lowest BCUT2D eigenvalue weighted by atomic mass is 10.0. The number of anilines is 1. The van der Waals surface area contributed by atoms with Gasteiger partial charge in [0.05, 0.1) is 16.8 Å². The van der Waals surface area contributed by atoms with Crippen molar-refractivity contribution in [1.82, 2.24) is 15.2 Å². The molecule has 30 heavy (non-hydrogen) atoms. The molecule has 1 saturated carbocycles. The fourth-order valence-corrected chi connectivity index (χ4v) is 3.54. The van der Waals surface area contributed by atoms with Crippen LogP contribution >= 0.6 is 0 Å². The molecule has 0 spiro atoms. The van der Waals surface area contributed by atoms with E-state index in [1.165, 1.54) is 17.0 Å². The van der Waals surface area contributed by atoms with E-state index >= 15 is 0 Å². The second-order valence-electron chi connectivity index (χ2n) is 7.54. The van der Waals surface area contributed by atoms with Crippen LogP contribution in [0, 0.1) is 5.82 Å². The number of aromatic nitrogens is 3. The summed E-state index contributed by atoms with van der Waals surface area (Å²) in [6.45, 7) is 0. The highest BCUT2D eigenvalue weighted by Crippen LogP contribution is 2.40. The number of rotatable bonds is 4. The highest BCUT2D eigenvalue weighted by atomic mass is 19.1. The van der Waals surface area contributed by atoms with Gasteiger partial charge in [0.1, 0.15) is 5.82 Å². The van der Waals surface area contributed by atoms with Gasteiger partial charge in [0, 0.05) is 29.6 Å². The number of hydrogen-bond donors (Lipinski definition) is 0. The quantitative estimate of drug-likeness (QED) is 0.486. The number of halogens is 1. The van der Waals surface area contributed by atoms with Gasteiger partial charge in [0.15, 0.2) is 5.82 Å². The number of benzene rings is 2. The maximum absolute atomic E-state index is 13.9. The number of fused-ring (bicyclic) bond motifs is 1. The summed E-state index contributed by atoms with van der Waals surface area (Å²) in [6, 6.07) is 19.5. The number of carbonyl (C=O) groups is 1. The van der Waals surface area contributed by atoms with Gasteiger partial charge in [-0.25, -0.2) is 4.39 Å². The molecule has 0 unspecified atom stereocenters. The summed E-state index contributed by atoms with van der Waals surface area (Å²) >= 11 is 0. The molecule has 0 bridgehead atoms. The van der Waals surface area contributed by atoms with E-state index in [0.29, 0.717) is 28.2 Å². The number of pyridine rings is 1. The van der Waals surface area contributed by atoms with Crippen molar-refractivity contribution in [2.45, 2.75) is 18.8 Å². The van der Waals surface area contributed by atoms with Crippen LogP contribution in [0.15, 0.2) is 66.7 Å². The molecule has 5 rings (SSSR count). The second-order valence-corrected chi connectivity index (χ2v) is 7.54. The van der Waals surface area contributed by atoms with Crippen LogP contribution in [-0.4, -0.2) is 28.1 Å². The van der Waals surface area contributed by atoms with E-state index in [9.17, 15) is 9.18 Å². The molecule has 1 amide bonds. The topological polar surface area (TPSA) is 59.0 Å². The standard InChI is InChI=1S/C24H19FN4O/c1-29(23-12-11-20(27-28-23)15-5-3-2-4-6-15)24(30)19-14-22(16-7-8-16)26-21-10-9-17(25)13-18(19)21/h2-6,9-14,16H,7-8H2,1H3. The van der Waals surface area contributed by atoms with Crippen LogP contribution in [0.4, 0.5) is 10.2 Å². The predicted molar refractivity (Wildman–Crippen MR) is 114 cm³/mol. The van der Waals surface area contributed by atoms with Gasteiger partial charge in [-0.2, -0.15) is 0 Å². The van der Waals surface area contributed by atoms with Crippen molar-refractivity contribution in [2.24, 2.45) is 0 Å². The van der Waals surface area contributed by atoms with Gasteiger partial charge in [-0.15, -0.1) is 10.2 Å². The highest BCUT2D eigenvalue weighted by Gasteiger charge is 2.28. The molecule has 0 saturated heterocycles. The summed E-state index contributed by atoms with van der Waals surface area (Å²) in [6.07, 6.45) is 2.13. The maximum Gasteiger partial charge on any atom is 0.259 e. The third-order valence-corrected chi connectivity index (χ3v) is 5.38. The van der Waals surface area contributed by atoms with Crippen molar-refractivity contribution in [1.29, 1.82) is 0 Å². The summed E-state index contributed by atoms with van der Waals surface area (Å²) < 4.78 is 13.9. The van der Waals surface area contributed by atoms with Crippen LogP contribution in [0.1, 0.15) is 34.8 Å². The van der Waals surface area contributed by atoms with Gasteiger partial charge >= 0.3 is 0 Å². The van der Waals surface area contributed by atoms with Gasteiger partial charge in [0.2, 0.25) is 0 Å². The Morgan fingerprint density at radius 1 is 1.00 bits per heavy atom. The van der Waals surface area contributed by atoms with Gasteiger partial charge < -0.3 is 0 Å². The van der Waals surface area contributed by atoms with E-state index in [1.807, 2.05) is 36.4 Å². The van der Waals surface area contributed by atoms with Gasteiger partial charge in [0.25, 0.3) is 5.91 Å². The summed E-state index contributed by atoms with van der Waals surface area (Å²) in [4.78, 5) is 19.4. The first-order chi connectivity index (χ1) is 14.6. The molecule has 4 aromatic rings. The Labute approximate surface area is 173 Å². The van der Waals surface area contributed by atoms with Gasteiger partial charge in [-0.1, -0.05) is 30.3 Å². The van der Waals surface area contributed by atoms with Crippen molar-refractivity contribution in [2.75, 3.05) is 11.9 Å². The van der Waals surface area contributed by atoms with Crippen LogP contribution in [-0.2, 0) is 0 Å². The Morgan fingerprint density at radius 3 is 2.50 bits per heavy atom. The first-order valence-electron chi connectivity index (χ1n) is 9.87. The number of nitrogens with zero attached hydrogens (tertiary/aromatic N) is 4. The van der Waals surface area contributed by atoms with Crippen molar-refractivity contribution in [3.05, 3.63) is 83.8 Å². The van der Waals surface area contributed by atoms with Crippen LogP contribution < -0.4 is 4.90 Å². The lowest BCUT2D eigenvalue weighted by Gasteiger charge is -2.18. The predicted octanol–water partition coefficient (Wildman–Crippen LogP) is 4.98. The van der Waals surface area contributed by atoms with Crippen LogP contribution in [0.5, 0.6) is 0 Å². The Kier molecular flexibility index (Phi) is 4.47. The zero-order valence-electron chi connectivity index (χ0n) is 16.4. The molecule has 148 valence electrons. The molecule has 1 aliphatic carbocycles. The van der Waals surface area contributed by atoms with Crippen molar-refractivity contribution in [3.63, 3.8) is 0 Å². The van der Waals surface area contributed by atoms with E-state index in [-0.39, 0.29) is 5.91 Å². The molecule has 2 heterocycles. The molecular formula is C24H19FN4O. The molecule has 5 nitrogen and oxygen atoms in total. The summed E-state index contributed by atoms with van der Waals surface area (Å²) in [7, 11) is 1.65. The number of amides is 1. The Hall–Kier alpha value is -3.67. The third kappa shape index (κ3) is 3.41. The van der Waals surface area contributed by atoms with Gasteiger partial charge in [-0.05, 0) is 49.2 Å². The van der Waals surface area contributed by atoms with Gasteiger partial charge in [-0.3, -0.25) is 14.7 Å². The van der Waals surface area contributed by atoms with E-state index in [2.05, 4.69) is 15.2 Å². The smallest absolute Gasteiger partial charge is 0.259 e. The van der Waals surface area contributed by atoms with E-state index < -0.39 is 5.82 Å². The molecule has 6 heteroatoms. The summed E-state index contributed by atoms with van der Waals surface area (Å²) in [5.41, 5.74) is 3.63. The average molecular weight is 398 g/mol. The molecule has 2 aromatic heterocycles. The minimum absolute atomic E-state index is 0.267. The second kappa shape index (κ2) is 7.30. The Balaban J connectivity index is 1.51. The minimum Gasteiger partial charge on any atom is -0.294 e. The van der Waals surface area contributed by atoms with Crippen molar-refractivity contribution in [3.8, 4) is 11.3 Å². The number of carbonyl (C=O) groups excluding carboxylic acids is 1. The fourth-order valence-electron chi connectivity index (χ4n) is 3.54. The highest BCUT2D eigenvalue weighted by molar-refractivity contribution is 6.13. The Bertz CT molecular complexity index is 1240. The van der Waals surface area contributed by atoms with E-state index in [1.54, 1.807) is 25.2 Å². The molecule has 0 aliphatic heterocycles. The average Bonchev–Trinajstić information content (AvgIpc) is 3.64. The van der Waals surface area contributed by atoms with Crippen molar-refractivity contribution < 1.29 is 9.18 Å². The molecule has 1 aliphatic rings. The summed E-state index contributed by atoms with van der Waals surface area (Å²) in [5.74, 6) is 0.138. The fraction of sp³-hybridized carbons (Fsp3) is 0.167. The lowest BCUT2D eigenvalue weighted by molar-refractivity contribution is 0.0993. The van der Waals surface area contributed by atoms with Crippen LogP contribution in [0.2, 0.25) is 0 Å². The molecule has 0 radical (unpaired) electrons. The molecule has 0 atom stereocenters. The monoisotopic (exact) mass is 398 g/mol. The van der Waals surface area contributed by atoms with E-state index in [0.717, 1.165) is 29.8 Å². The SMILES string of the molecule is CN(C(=O)c1cc(C2CC2)nc2ccc(F)cc12)c1ccc(-c2ccccc2)nn1. The Morgan fingerprint density at radius 2 is 1.80 bits per heavy atom. The van der Waals surface area contributed by atoms with E-state index in [4.69, 9.17) is 0 Å². The lowest BCUT2D eigenvalue weighted by Crippen LogP contribution is -2.27. The van der Waals surface area contributed by atoms with Crippen molar-refractivity contribution >= 4 is 22.6 Å². The maximum atomic E-state index is 13.9. The molecular weight excluding hydrogens is 379 g/mol. The molecule has 0 N–H and O–H groups in total. The first-order valence-corrected chi connectivity index (χ1v) is 9.87. The molecule has 1 fully saturated rings. The van der Waals surface area contributed by atoms with Crippen LogP contribution in [0.3, 0.4) is 0 Å². The summed E-state index contributed by atoms with van der Waals surface area (Å²) in [5, 5.41) is 9.00. The molecule has 2 aromatic carbocycles.